The van der Waals surface area contributed by atoms with Gasteiger partial charge in [0.2, 0.25) is 5.91 Å². The average Bonchev–Trinajstić information content (AvgIpc) is 2.27. The molecule has 2 rings (SSSR count). The molecule has 2 unspecified atom stereocenters. The van der Waals surface area contributed by atoms with Crippen LogP contribution in [0, 0.1) is 5.92 Å². The number of hydrogen-bond acceptors (Lipinski definition) is 2. The average molecular weight is 181 g/mol. The minimum atomic E-state index is 0.125. The fraction of sp³-hybridized carbons (Fsp3) is 0.800. The largest absolute Gasteiger partial charge is 0.353 e. The molecule has 3 heteroatoms. The van der Waals surface area contributed by atoms with Gasteiger partial charge in [0, 0.05) is 24.8 Å². The quantitative estimate of drug-likeness (QED) is 0.606. The molecule has 1 heterocycles. The first-order valence-corrected chi connectivity index (χ1v) is 5.09. The molecule has 1 saturated heterocycles. The summed E-state index contributed by atoms with van der Waals surface area (Å²) < 4.78 is 0. The lowest BCUT2D eigenvalue weighted by Gasteiger charge is -2.28. The minimum Gasteiger partial charge on any atom is -0.353 e. The van der Waals surface area contributed by atoms with Gasteiger partial charge in [0.15, 0.2) is 0 Å². The van der Waals surface area contributed by atoms with Crippen LogP contribution in [0.25, 0.3) is 0 Å². The van der Waals surface area contributed by atoms with E-state index in [2.05, 4.69) is 5.32 Å². The highest BCUT2D eigenvalue weighted by molar-refractivity contribution is 5.84. The molecular weight excluding hydrogens is 166 g/mol. The van der Waals surface area contributed by atoms with Crippen molar-refractivity contribution in [3.63, 3.8) is 0 Å². The van der Waals surface area contributed by atoms with E-state index in [0.29, 0.717) is 12.2 Å². The number of carbonyl (C=O) groups is 2. The van der Waals surface area contributed by atoms with Crippen molar-refractivity contribution in [2.24, 2.45) is 5.92 Å². The van der Waals surface area contributed by atoms with Crippen molar-refractivity contribution in [3.05, 3.63) is 0 Å². The number of Topliss-reactive ketones (excluding diaryl/α,β-unsaturated/α-hetero) is 1. The summed E-state index contributed by atoms with van der Waals surface area (Å²) in [7, 11) is 0. The Morgan fingerprint density at radius 2 is 1.85 bits per heavy atom. The van der Waals surface area contributed by atoms with Crippen LogP contribution >= 0.6 is 0 Å². The summed E-state index contributed by atoms with van der Waals surface area (Å²) in [4.78, 5) is 22.8. The maximum atomic E-state index is 11.5. The smallest absolute Gasteiger partial charge is 0.220 e. The molecule has 3 nitrogen and oxygen atoms in total. The predicted molar refractivity (Wildman–Crippen MR) is 48.1 cm³/mol. The van der Waals surface area contributed by atoms with Gasteiger partial charge in [0.05, 0.1) is 0 Å². The SMILES string of the molecule is O=C1CCCC2C(=O)CCCC2N1. The van der Waals surface area contributed by atoms with Crippen LogP contribution in [0.4, 0.5) is 0 Å². The van der Waals surface area contributed by atoms with Gasteiger partial charge in [0.1, 0.15) is 5.78 Å². The van der Waals surface area contributed by atoms with Gasteiger partial charge in [-0.2, -0.15) is 0 Å². The van der Waals surface area contributed by atoms with E-state index in [1.54, 1.807) is 0 Å². The first-order chi connectivity index (χ1) is 6.27. The molecule has 0 spiro atoms. The number of nitrogens with one attached hydrogen (secondary N) is 1. The lowest BCUT2D eigenvalue weighted by Crippen LogP contribution is -2.43. The molecule has 0 radical (unpaired) electrons. The highest BCUT2D eigenvalue weighted by Gasteiger charge is 2.34. The van der Waals surface area contributed by atoms with E-state index >= 15 is 0 Å². The van der Waals surface area contributed by atoms with Gasteiger partial charge in [0.25, 0.3) is 0 Å². The van der Waals surface area contributed by atoms with Crippen LogP contribution in [0.15, 0.2) is 0 Å². The van der Waals surface area contributed by atoms with Gasteiger partial charge in [-0.1, -0.05) is 0 Å². The molecule has 0 aromatic heterocycles. The molecule has 1 N–H and O–H groups in total. The number of hydrogen-bond donors (Lipinski definition) is 1. The van der Waals surface area contributed by atoms with Crippen LogP contribution in [0.5, 0.6) is 0 Å². The van der Waals surface area contributed by atoms with Crippen molar-refractivity contribution in [3.8, 4) is 0 Å². The van der Waals surface area contributed by atoms with Gasteiger partial charge < -0.3 is 5.32 Å². The zero-order valence-electron chi connectivity index (χ0n) is 7.71. The number of rotatable bonds is 0. The Morgan fingerprint density at radius 3 is 2.69 bits per heavy atom. The monoisotopic (exact) mass is 181 g/mol. The molecule has 0 bridgehead atoms. The summed E-state index contributed by atoms with van der Waals surface area (Å²) in [6.07, 6.45) is 5.03. The molecule has 72 valence electrons. The van der Waals surface area contributed by atoms with Gasteiger partial charge in [-0.15, -0.1) is 0 Å². The van der Waals surface area contributed by atoms with Crippen molar-refractivity contribution in [1.82, 2.24) is 5.32 Å². The standard InChI is InChI=1S/C10H15NO2/c12-9-5-2-4-8-7(9)3-1-6-10(13)11-8/h7-8H,1-6H2,(H,11,13). The van der Waals surface area contributed by atoms with Crippen molar-refractivity contribution in [2.75, 3.05) is 0 Å². The molecule has 1 aliphatic heterocycles. The Kier molecular flexibility index (Phi) is 2.34. The van der Waals surface area contributed by atoms with E-state index in [0.717, 1.165) is 32.1 Å². The second kappa shape index (κ2) is 3.48. The third kappa shape index (κ3) is 1.74. The van der Waals surface area contributed by atoms with E-state index in [4.69, 9.17) is 0 Å². The van der Waals surface area contributed by atoms with Gasteiger partial charge in [-0.25, -0.2) is 0 Å². The maximum Gasteiger partial charge on any atom is 0.220 e. The Bertz CT molecular complexity index is 237. The molecule has 2 aliphatic rings. The van der Waals surface area contributed by atoms with Crippen molar-refractivity contribution in [1.29, 1.82) is 0 Å². The van der Waals surface area contributed by atoms with E-state index in [-0.39, 0.29) is 17.9 Å². The molecule has 1 aliphatic carbocycles. The van der Waals surface area contributed by atoms with Crippen LogP contribution in [-0.2, 0) is 9.59 Å². The fourth-order valence-electron chi connectivity index (χ4n) is 2.40. The molecular formula is C10H15NO2. The number of carbonyl (C=O) groups excluding carboxylic acids is 2. The summed E-state index contributed by atoms with van der Waals surface area (Å²) in [6, 6.07) is 0.149. The summed E-state index contributed by atoms with van der Waals surface area (Å²) >= 11 is 0. The van der Waals surface area contributed by atoms with Gasteiger partial charge in [-0.3, -0.25) is 9.59 Å². The van der Waals surface area contributed by atoms with Crippen LogP contribution < -0.4 is 5.32 Å². The highest BCUT2D eigenvalue weighted by Crippen LogP contribution is 2.27. The summed E-state index contributed by atoms with van der Waals surface area (Å²) in [5.41, 5.74) is 0. The van der Waals surface area contributed by atoms with E-state index in [9.17, 15) is 9.59 Å². The first-order valence-electron chi connectivity index (χ1n) is 5.09. The molecule has 1 amide bonds. The number of ketones is 1. The van der Waals surface area contributed by atoms with E-state index in [1.807, 2.05) is 0 Å². The third-order valence-corrected chi connectivity index (χ3v) is 3.10. The van der Waals surface area contributed by atoms with Crippen LogP contribution in [0.3, 0.4) is 0 Å². The van der Waals surface area contributed by atoms with Crippen molar-refractivity contribution < 1.29 is 9.59 Å². The van der Waals surface area contributed by atoms with E-state index < -0.39 is 0 Å². The second-order valence-electron chi connectivity index (χ2n) is 4.03. The maximum absolute atomic E-state index is 11.5. The zero-order valence-corrected chi connectivity index (χ0v) is 7.71. The van der Waals surface area contributed by atoms with Crippen molar-refractivity contribution in [2.45, 2.75) is 44.6 Å². The first kappa shape index (κ1) is 8.73. The lowest BCUT2D eigenvalue weighted by atomic mass is 9.81. The van der Waals surface area contributed by atoms with Crippen molar-refractivity contribution >= 4 is 11.7 Å². The van der Waals surface area contributed by atoms with Crippen LogP contribution in [0.1, 0.15) is 38.5 Å². The Labute approximate surface area is 77.9 Å². The van der Waals surface area contributed by atoms with Crippen LogP contribution in [0.2, 0.25) is 0 Å². The Morgan fingerprint density at radius 1 is 1.08 bits per heavy atom. The van der Waals surface area contributed by atoms with Gasteiger partial charge in [-0.05, 0) is 25.7 Å². The van der Waals surface area contributed by atoms with Crippen LogP contribution in [-0.4, -0.2) is 17.7 Å². The number of amides is 1. The molecule has 0 aromatic rings. The van der Waals surface area contributed by atoms with Gasteiger partial charge >= 0.3 is 0 Å². The number of fused-ring (bicyclic) bond motifs is 1. The molecule has 0 aromatic carbocycles. The second-order valence-corrected chi connectivity index (χ2v) is 4.03. The predicted octanol–water partition coefficient (Wildman–Crippen LogP) is 1.02. The fourth-order valence-corrected chi connectivity index (χ4v) is 2.40. The molecule has 2 atom stereocenters. The molecule has 2 fully saturated rings. The lowest BCUT2D eigenvalue weighted by molar-refractivity contribution is -0.126. The normalized spacial score (nSPS) is 34.8. The minimum absolute atomic E-state index is 0.125. The molecule has 13 heavy (non-hydrogen) atoms. The Hall–Kier alpha value is -0.860. The zero-order chi connectivity index (χ0) is 9.26. The highest BCUT2D eigenvalue weighted by atomic mass is 16.2. The Balaban J connectivity index is 2.11. The third-order valence-electron chi connectivity index (χ3n) is 3.10. The summed E-state index contributed by atoms with van der Waals surface area (Å²) in [5.74, 6) is 0.612. The summed E-state index contributed by atoms with van der Waals surface area (Å²) in [5, 5.41) is 2.95. The summed E-state index contributed by atoms with van der Waals surface area (Å²) in [6.45, 7) is 0. The molecule has 1 saturated carbocycles. The van der Waals surface area contributed by atoms with E-state index in [1.165, 1.54) is 0 Å². The topological polar surface area (TPSA) is 46.2 Å².